The number of benzene rings is 1. The molecule has 0 atom stereocenters. The molecule has 0 bridgehead atoms. The van der Waals surface area contributed by atoms with E-state index in [0.29, 0.717) is 10.2 Å². The van der Waals surface area contributed by atoms with E-state index in [1.54, 1.807) is 13.0 Å². The van der Waals surface area contributed by atoms with Crippen LogP contribution in [0.3, 0.4) is 0 Å². The fourth-order valence-corrected chi connectivity index (χ4v) is 4.77. The molecule has 0 saturated heterocycles. The molecule has 110 valence electrons. The van der Waals surface area contributed by atoms with Gasteiger partial charge in [-0.15, -0.1) is 22.7 Å². The minimum absolute atomic E-state index is 0.133. The average Bonchev–Trinajstić information content (AvgIpc) is 3.11. The lowest BCUT2D eigenvalue weighted by atomic mass is 10.2. The Bertz CT molecular complexity index is 1090. The zero-order valence-electron chi connectivity index (χ0n) is 11.7. The maximum Gasteiger partial charge on any atom is 0.345 e. The van der Waals surface area contributed by atoms with Crippen LogP contribution in [-0.2, 0) is 4.74 Å². The van der Waals surface area contributed by atoms with Crippen LogP contribution in [0.4, 0.5) is 0 Å². The van der Waals surface area contributed by atoms with E-state index in [9.17, 15) is 9.59 Å². The van der Waals surface area contributed by atoms with Crippen LogP contribution in [0.2, 0.25) is 0 Å². The zero-order chi connectivity index (χ0) is 15.3. The fraction of sp³-hybridized carbons (Fsp3) is 0.125. The summed E-state index contributed by atoms with van der Waals surface area (Å²) in [5.41, 5.74) is 0.885. The van der Waals surface area contributed by atoms with Crippen molar-refractivity contribution in [2.75, 3.05) is 6.61 Å². The van der Waals surface area contributed by atoms with Crippen molar-refractivity contribution in [3.63, 3.8) is 0 Å². The molecule has 0 aliphatic heterocycles. The minimum Gasteiger partial charge on any atom is -0.462 e. The Morgan fingerprint density at radius 3 is 2.86 bits per heavy atom. The van der Waals surface area contributed by atoms with E-state index in [1.165, 1.54) is 22.7 Å². The van der Waals surface area contributed by atoms with Crippen LogP contribution in [0.1, 0.15) is 17.3 Å². The molecule has 0 saturated carbocycles. The zero-order valence-corrected chi connectivity index (χ0v) is 13.3. The molecule has 0 aliphatic carbocycles. The van der Waals surface area contributed by atoms with E-state index >= 15 is 0 Å². The topological polar surface area (TPSA) is 47.8 Å². The highest BCUT2D eigenvalue weighted by Crippen LogP contribution is 2.33. The normalized spacial score (nSPS) is 11.5. The highest BCUT2D eigenvalue weighted by Gasteiger charge is 2.23. The number of fused-ring (bicyclic) bond motifs is 5. The summed E-state index contributed by atoms with van der Waals surface area (Å²) < 4.78 is 8.13. The SMILES string of the molecule is CCOC(=O)c1c(=O)c2ccsc2n2c1sc1ccccc12. The molecular formula is C16H11NO3S2. The van der Waals surface area contributed by atoms with Gasteiger partial charge in [0.2, 0.25) is 5.43 Å². The summed E-state index contributed by atoms with van der Waals surface area (Å²) in [7, 11) is 0. The van der Waals surface area contributed by atoms with E-state index in [4.69, 9.17) is 4.74 Å². The smallest absolute Gasteiger partial charge is 0.345 e. The third kappa shape index (κ3) is 1.74. The van der Waals surface area contributed by atoms with Gasteiger partial charge in [-0.05, 0) is 30.5 Å². The number of aromatic nitrogens is 1. The molecule has 0 radical (unpaired) electrons. The second-order valence-electron chi connectivity index (χ2n) is 4.77. The van der Waals surface area contributed by atoms with Crippen molar-refractivity contribution < 1.29 is 9.53 Å². The first kappa shape index (κ1) is 13.5. The predicted molar refractivity (Wildman–Crippen MR) is 90.4 cm³/mol. The van der Waals surface area contributed by atoms with Gasteiger partial charge < -0.3 is 4.74 Å². The molecule has 3 aromatic heterocycles. The van der Waals surface area contributed by atoms with Gasteiger partial charge in [0, 0.05) is 0 Å². The van der Waals surface area contributed by atoms with Gasteiger partial charge in [0.1, 0.15) is 15.2 Å². The Balaban J connectivity index is 2.28. The molecular weight excluding hydrogens is 318 g/mol. The molecule has 4 aromatic rings. The first-order valence-electron chi connectivity index (χ1n) is 6.83. The number of carbonyl (C=O) groups excluding carboxylic acids is 1. The van der Waals surface area contributed by atoms with E-state index in [0.717, 1.165) is 15.0 Å². The van der Waals surface area contributed by atoms with Crippen molar-refractivity contribution in [1.29, 1.82) is 0 Å². The van der Waals surface area contributed by atoms with E-state index in [1.807, 2.05) is 34.0 Å². The van der Waals surface area contributed by atoms with Crippen LogP contribution < -0.4 is 5.43 Å². The minimum atomic E-state index is -0.551. The number of pyridine rings is 1. The summed E-state index contributed by atoms with van der Waals surface area (Å²) in [4.78, 5) is 26.5. The fourth-order valence-electron chi connectivity index (χ4n) is 2.61. The number of thiophene rings is 1. The summed E-state index contributed by atoms with van der Waals surface area (Å²) in [5, 5.41) is 2.44. The maximum atomic E-state index is 12.7. The first-order chi connectivity index (χ1) is 10.7. The number of esters is 1. The van der Waals surface area contributed by atoms with Crippen LogP contribution in [0.5, 0.6) is 0 Å². The summed E-state index contributed by atoms with van der Waals surface area (Å²) >= 11 is 2.95. The summed E-state index contributed by atoms with van der Waals surface area (Å²) in [6, 6.07) is 9.66. The van der Waals surface area contributed by atoms with Gasteiger partial charge in [-0.1, -0.05) is 12.1 Å². The molecule has 0 spiro atoms. The number of hydrogen-bond acceptors (Lipinski definition) is 5. The second-order valence-corrected chi connectivity index (χ2v) is 6.70. The van der Waals surface area contributed by atoms with Crippen molar-refractivity contribution in [2.45, 2.75) is 6.92 Å². The lowest BCUT2D eigenvalue weighted by Gasteiger charge is -2.05. The Hall–Kier alpha value is -2.18. The molecule has 0 fully saturated rings. The van der Waals surface area contributed by atoms with E-state index < -0.39 is 5.97 Å². The molecule has 3 heterocycles. The Kier molecular flexibility index (Phi) is 3.02. The highest BCUT2D eigenvalue weighted by atomic mass is 32.1. The van der Waals surface area contributed by atoms with Crippen LogP contribution >= 0.6 is 22.7 Å². The van der Waals surface area contributed by atoms with Gasteiger partial charge in [0.15, 0.2) is 0 Å². The number of nitrogens with zero attached hydrogens (tertiary/aromatic N) is 1. The number of ether oxygens (including phenoxy) is 1. The van der Waals surface area contributed by atoms with Crippen molar-refractivity contribution >= 4 is 53.9 Å². The average molecular weight is 329 g/mol. The number of hydrogen-bond donors (Lipinski definition) is 0. The molecule has 0 N–H and O–H groups in total. The number of rotatable bonds is 2. The number of para-hydroxylation sites is 1. The van der Waals surface area contributed by atoms with Gasteiger partial charge >= 0.3 is 5.97 Å². The van der Waals surface area contributed by atoms with Gasteiger partial charge in [-0.3, -0.25) is 9.20 Å². The molecule has 4 nitrogen and oxygen atoms in total. The number of carbonyl (C=O) groups is 1. The van der Waals surface area contributed by atoms with Crippen molar-refractivity contribution in [2.24, 2.45) is 0 Å². The second kappa shape index (κ2) is 4.93. The van der Waals surface area contributed by atoms with Gasteiger partial charge in [0.25, 0.3) is 0 Å². The van der Waals surface area contributed by atoms with E-state index in [-0.39, 0.29) is 17.6 Å². The Morgan fingerprint density at radius 1 is 1.23 bits per heavy atom. The van der Waals surface area contributed by atoms with Crippen LogP contribution in [0, 0.1) is 0 Å². The third-order valence-electron chi connectivity index (χ3n) is 3.53. The summed E-state index contributed by atoms with van der Waals surface area (Å²) in [6.07, 6.45) is 0. The predicted octanol–water partition coefficient (Wildman–Crippen LogP) is 3.91. The maximum absolute atomic E-state index is 12.7. The highest BCUT2D eigenvalue weighted by molar-refractivity contribution is 7.24. The Morgan fingerprint density at radius 2 is 2.05 bits per heavy atom. The van der Waals surface area contributed by atoms with Crippen molar-refractivity contribution in [3.8, 4) is 0 Å². The molecule has 6 heteroatoms. The monoisotopic (exact) mass is 329 g/mol. The molecule has 0 aliphatic rings. The summed E-state index contributed by atoms with van der Waals surface area (Å²) in [5.74, 6) is -0.551. The molecule has 0 unspecified atom stereocenters. The molecule has 4 rings (SSSR count). The lowest BCUT2D eigenvalue weighted by Crippen LogP contribution is -2.18. The Labute approximate surface area is 133 Å². The molecule has 0 amide bonds. The van der Waals surface area contributed by atoms with Gasteiger partial charge in [-0.25, -0.2) is 4.79 Å². The van der Waals surface area contributed by atoms with E-state index in [2.05, 4.69) is 0 Å². The third-order valence-corrected chi connectivity index (χ3v) is 5.57. The standard InChI is InChI=1S/C16H11NO3S2/c1-2-20-16(19)12-13(18)9-7-8-21-14(9)17-10-5-3-4-6-11(10)22-15(12)17/h3-8H,2H2,1H3. The lowest BCUT2D eigenvalue weighted by molar-refractivity contribution is 0.0527. The quantitative estimate of drug-likeness (QED) is 0.524. The van der Waals surface area contributed by atoms with Crippen LogP contribution in [0.25, 0.3) is 25.3 Å². The van der Waals surface area contributed by atoms with Gasteiger partial charge in [-0.2, -0.15) is 0 Å². The largest absolute Gasteiger partial charge is 0.462 e. The van der Waals surface area contributed by atoms with Crippen molar-refractivity contribution in [1.82, 2.24) is 4.40 Å². The van der Waals surface area contributed by atoms with Gasteiger partial charge in [0.05, 0.1) is 22.2 Å². The molecule has 22 heavy (non-hydrogen) atoms. The molecule has 1 aromatic carbocycles. The summed E-state index contributed by atoms with van der Waals surface area (Å²) in [6.45, 7) is 1.98. The number of thiazole rings is 1. The van der Waals surface area contributed by atoms with Crippen molar-refractivity contribution in [3.05, 3.63) is 51.5 Å². The van der Waals surface area contributed by atoms with Crippen LogP contribution in [0.15, 0.2) is 40.5 Å². The van der Waals surface area contributed by atoms with Crippen LogP contribution in [-0.4, -0.2) is 17.0 Å². The first-order valence-corrected chi connectivity index (χ1v) is 8.52.